The van der Waals surface area contributed by atoms with Gasteiger partial charge >= 0.3 is 5.97 Å². The Morgan fingerprint density at radius 3 is 2.48 bits per heavy atom. The van der Waals surface area contributed by atoms with Crippen LogP contribution >= 0.6 is 0 Å². The normalized spacial score (nSPS) is 15.9. The summed E-state index contributed by atoms with van der Waals surface area (Å²) < 4.78 is 45.2. The summed E-state index contributed by atoms with van der Waals surface area (Å²) >= 11 is 0. The molecule has 27 heavy (non-hydrogen) atoms. The van der Waals surface area contributed by atoms with Gasteiger partial charge in [0.25, 0.3) is 0 Å². The second-order valence-corrected chi connectivity index (χ2v) is 7.91. The minimum Gasteiger partial charge on any atom is -0.402 e. The molecule has 2 aromatic rings. The van der Waals surface area contributed by atoms with E-state index in [9.17, 15) is 17.6 Å². The van der Waals surface area contributed by atoms with Gasteiger partial charge in [-0.3, -0.25) is 0 Å². The fraction of sp³-hybridized carbons (Fsp3) is 0.158. The topological polar surface area (TPSA) is 84.8 Å². The van der Waals surface area contributed by atoms with Gasteiger partial charge in [0.15, 0.2) is 5.70 Å². The first-order valence-corrected chi connectivity index (χ1v) is 9.64. The first-order valence-electron chi connectivity index (χ1n) is 8.15. The highest BCUT2D eigenvalue weighted by Gasteiger charge is 2.25. The van der Waals surface area contributed by atoms with Crippen LogP contribution in [-0.2, 0) is 19.6 Å². The van der Waals surface area contributed by atoms with Gasteiger partial charge in [-0.25, -0.2) is 27.3 Å². The lowest BCUT2D eigenvalue weighted by Crippen LogP contribution is -2.30. The van der Waals surface area contributed by atoms with E-state index in [1.54, 1.807) is 19.9 Å². The number of ether oxygens (including phenoxy) is 1. The molecule has 0 atom stereocenters. The van der Waals surface area contributed by atoms with Crippen LogP contribution in [0.5, 0.6) is 0 Å². The zero-order valence-corrected chi connectivity index (χ0v) is 15.5. The van der Waals surface area contributed by atoms with E-state index in [-0.39, 0.29) is 22.5 Å². The summed E-state index contributed by atoms with van der Waals surface area (Å²) in [7, 11) is -3.61. The number of benzene rings is 2. The van der Waals surface area contributed by atoms with Crippen molar-refractivity contribution < 1.29 is 22.3 Å². The Morgan fingerprint density at radius 1 is 1.15 bits per heavy atom. The summed E-state index contributed by atoms with van der Waals surface area (Å²) in [5.74, 6) is -1.03. The number of cyclic esters (lactones) is 1. The molecule has 0 amide bonds. The highest BCUT2D eigenvalue weighted by atomic mass is 32.2. The van der Waals surface area contributed by atoms with Gasteiger partial charge in [0, 0.05) is 11.6 Å². The molecule has 0 aliphatic carbocycles. The Labute approximate surface area is 156 Å². The van der Waals surface area contributed by atoms with Crippen molar-refractivity contribution in [2.45, 2.75) is 24.8 Å². The molecular formula is C19H17FN2O4S. The van der Waals surface area contributed by atoms with Crippen LogP contribution in [0, 0.1) is 5.82 Å². The molecule has 0 aromatic heterocycles. The van der Waals surface area contributed by atoms with E-state index in [1.165, 1.54) is 48.5 Å². The Kier molecular flexibility index (Phi) is 5.20. The van der Waals surface area contributed by atoms with Crippen LogP contribution in [0.3, 0.4) is 0 Å². The van der Waals surface area contributed by atoms with Gasteiger partial charge in [-0.15, -0.1) is 0 Å². The molecule has 3 rings (SSSR count). The van der Waals surface area contributed by atoms with Crippen molar-refractivity contribution in [3.8, 4) is 0 Å². The van der Waals surface area contributed by atoms with Gasteiger partial charge in [0.05, 0.1) is 4.90 Å². The first-order chi connectivity index (χ1) is 12.7. The molecule has 1 N–H and O–H groups in total. The van der Waals surface area contributed by atoms with Crippen LogP contribution in [0.1, 0.15) is 25.0 Å². The van der Waals surface area contributed by atoms with Gasteiger partial charge in [-0.1, -0.05) is 12.1 Å². The maximum Gasteiger partial charge on any atom is 0.363 e. The number of halogens is 1. The van der Waals surface area contributed by atoms with Crippen molar-refractivity contribution in [1.82, 2.24) is 4.72 Å². The van der Waals surface area contributed by atoms with Gasteiger partial charge in [0.2, 0.25) is 15.9 Å². The molecule has 0 fully saturated rings. The molecule has 1 aliphatic heterocycles. The molecule has 2 aromatic carbocycles. The van der Waals surface area contributed by atoms with Crippen LogP contribution in [0.2, 0.25) is 0 Å². The maximum atomic E-state index is 13.3. The van der Waals surface area contributed by atoms with Crippen molar-refractivity contribution in [2.24, 2.45) is 4.99 Å². The molecule has 0 spiro atoms. The van der Waals surface area contributed by atoms with Crippen LogP contribution in [0.4, 0.5) is 4.39 Å². The maximum absolute atomic E-state index is 13.3. The minimum absolute atomic E-state index is 0.0359. The smallest absolute Gasteiger partial charge is 0.363 e. The van der Waals surface area contributed by atoms with Crippen LogP contribution < -0.4 is 4.72 Å². The fourth-order valence-corrected chi connectivity index (χ4v) is 3.69. The van der Waals surface area contributed by atoms with Gasteiger partial charge < -0.3 is 4.74 Å². The fourth-order valence-electron chi connectivity index (χ4n) is 2.44. The third kappa shape index (κ3) is 4.47. The van der Waals surface area contributed by atoms with Gasteiger partial charge in [0.1, 0.15) is 5.82 Å². The summed E-state index contributed by atoms with van der Waals surface area (Å²) in [5.41, 5.74) is 0.969. The molecular weight excluding hydrogens is 371 g/mol. The van der Waals surface area contributed by atoms with E-state index in [4.69, 9.17) is 4.74 Å². The Balaban J connectivity index is 1.86. The molecule has 140 valence electrons. The zero-order valence-electron chi connectivity index (χ0n) is 14.6. The lowest BCUT2D eigenvalue weighted by molar-refractivity contribution is -0.129. The summed E-state index contributed by atoms with van der Waals surface area (Å²) in [4.78, 5) is 16.2. The highest BCUT2D eigenvalue weighted by Crippen LogP contribution is 2.20. The number of hydrogen-bond donors (Lipinski definition) is 1. The molecule has 0 saturated carbocycles. The lowest BCUT2D eigenvalue weighted by atomic mass is 10.2. The number of hydrogen-bond acceptors (Lipinski definition) is 5. The third-order valence-electron chi connectivity index (χ3n) is 3.57. The minimum atomic E-state index is -3.61. The number of rotatable bonds is 5. The van der Waals surface area contributed by atoms with E-state index < -0.39 is 21.8 Å². The first kappa shape index (κ1) is 18.9. The number of esters is 1. The largest absolute Gasteiger partial charge is 0.402 e. The molecule has 1 aliphatic rings. The Bertz CT molecular complexity index is 1040. The second-order valence-electron chi connectivity index (χ2n) is 6.19. The molecule has 0 bridgehead atoms. The average Bonchev–Trinajstić information content (AvgIpc) is 2.95. The van der Waals surface area contributed by atoms with Crippen LogP contribution in [0.15, 0.2) is 64.1 Å². The summed E-state index contributed by atoms with van der Waals surface area (Å²) in [6, 6.07) is 11.3. The summed E-state index contributed by atoms with van der Waals surface area (Å²) in [5, 5.41) is 0. The lowest BCUT2D eigenvalue weighted by Gasteiger charge is -2.09. The number of nitrogens with one attached hydrogen (secondary N) is 1. The van der Waals surface area contributed by atoms with Gasteiger partial charge in [-0.05, 0) is 61.9 Å². The van der Waals surface area contributed by atoms with Crippen molar-refractivity contribution in [1.29, 1.82) is 0 Å². The molecule has 6 nitrogen and oxygen atoms in total. The highest BCUT2D eigenvalue weighted by molar-refractivity contribution is 7.89. The Hall–Kier alpha value is -2.84. The molecule has 1 heterocycles. The summed E-state index contributed by atoms with van der Waals surface area (Å²) in [6.07, 6.45) is 1.42. The third-order valence-corrected chi connectivity index (χ3v) is 5.25. The van der Waals surface area contributed by atoms with E-state index in [0.717, 1.165) is 0 Å². The monoisotopic (exact) mass is 388 g/mol. The number of nitrogens with zero attached hydrogens (tertiary/aromatic N) is 1. The molecule has 0 unspecified atom stereocenters. The van der Waals surface area contributed by atoms with Crippen molar-refractivity contribution in [3.05, 3.63) is 71.2 Å². The predicted octanol–water partition coefficient (Wildman–Crippen LogP) is 2.86. The number of carbonyl (C=O) groups is 1. The predicted molar refractivity (Wildman–Crippen MR) is 98.9 cm³/mol. The van der Waals surface area contributed by atoms with Crippen LogP contribution in [-0.4, -0.2) is 26.3 Å². The van der Waals surface area contributed by atoms with Crippen molar-refractivity contribution >= 4 is 28.0 Å². The quantitative estimate of drug-likeness (QED) is 0.631. The molecule has 0 radical (unpaired) electrons. The zero-order chi connectivity index (χ0) is 19.6. The molecule has 0 saturated heterocycles. The van der Waals surface area contributed by atoms with Crippen molar-refractivity contribution in [2.75, 3.05) is 0 Å². The Morgan fingerprint density at radius 2 is 1.85 bits per heavy atom. The van der Waals surface area contributed by atoms with E-state index in [1.807, 2.05) is 0 Å². The summed E-state index contributed by atoms with van der Waals surface area (Å²) in [6.45, 7) is 3.45. The van der Waals surface area contributed by atoms with E-state index in [2.05, 4.69) is 9.71 Å². The standard InChI is InChI=1S/C19H17FN2O4S/c1-12(2)22-27(24,25)16-8-6-14(7-9-16)18-21-17(19(23)26-18)11-13-4-3-5-15(20)10-13/h3-12,22H,1-2H3/b17-11-. The van der Waals surface area contributed by atoms with Crippen molar-refractivity contribution in [3.63, 3.8) is 0 Å². The average molecular weight is 388 g/mol. The number of carbonyl (C=O) groups excluding carboxylic acids is 1. The molecule has 8 heteroatoms. The van der Waals surface area contributed by atoms with E-state index in [0.29, 0.717) is 11.1 Å². The van der Waals surface area contributed by atoms with Crippen LogP contribution in [0.25, 0.3) is 6.08 Å². The van der Waals surface area contributed by atoms with E-state index >= 15 is 0 Å². The number of aliphatic imine (C=N–C) groups is 1. The van der Waals surface area contributed by atoms with Gasteiger partial charge in [-0.2, -0.15) is 0 Å². The SMILES string of the molecule is CC(C)NS(=O)(=O)c1ccc(C2=N/C(=C\c3cccc(F)c3)C(=O)O2)cc1. The number of sulfonamides is 1. The second kappa shape index (κ2) is 7.42.